The van der Waals surface area contributed by atoms with Crippen molar-refractivity contribution in [2.75, 3.05) is 13.2 Å². The molecule has 1 saturated heterocycles. The van der Waals surface area contributed by atoms with Gasteiger partial charge in [-0.15, -0.1) is 11.3 Å². The highest BCUT2D eigenvalue weighted by Crippen LogP contribution is 2.33. The molecule has 0 atom stereocenters. The Hall–Kier alpha value is -1.18. The molecule has 0 radical (unpaired) electrons. The number of nitrogens with zero attached hydrogens (tertiary/aromatic N) is 1. The largest absolute Gasteiger partial charge is 0.466 e. The van der Waals surface area contributed by atoms with Gasteiger partial charge in [-0.1, -0.05) is 43.4 Å². The van der Waals surface area contributed by atoms with Crippen LogP contribution in [0.4, 0.5) is 0 Å². The number of carbonyl (C=O) groups excluding carboxylic acids is 2. The van der Waals surface area contributed by atoms with E-state index in [4.69, 9.17) is 17.0 Å². The Morgan fingerprint density at radius 1 is 1.50 bits per heavy atom. The number of thioether (sulfide) groups is 1. The van der Waals surface area contributed by atoms with Gasteiger partial charge in [0.25, 0.3) is 5.91 Å². The second-order valence-corrected chi connectivity index (χ2v) is 7.33. The third-order valence-electron chi connectivity index (χ3n) is 2.99. The molecule has 1 aliphatic rings. The van der Waals surface area contributed by atoms with Crippen LogP contribution >= 0.6 is 35.3 Å². The predicted molar refractivity (Wildman–Crippen MR) is 94.7 cm³/mol. The molecule has 7 heteroatoms. The van der Waals surface area contributed by atoms with Gasteiger partial charge in [-0.05, 0) is 23.9 Å². The third-order valence-corrected chi connectivity index (χ3v) is 5.19. The highest BCUT2D eigenvalue weighted by Gasteiger charge is 2.32. The first-order valence-electron chi connectivity index (χ1n) is 7.06. The fourth-order valence-electron chi connectivity index (χ4n) is 1.80. The summed E-state index contributed by atoms with van der Waals surface area (Å²) in [6.45, 7) is 2.75. The standard InChI is InChI=1S/C15H17NO3S3/c1-2-3-8-19-13(17)6-7-16-14(18)12(22-15(16)20)10-11-5-4-9-21-11/h4-5,9-10H,2-3,6-8H2,1H3/b12-10-. The van der Waals surface area contributed by atoms with Gasteiger partial charge < -0.3 is 4.74 Å². The molecule has 0 unspecified atom stereocenters. The second kappa shape index (κ2) is 8.45. The molecule has 1 aliphatic heterocycles. The summed E-state index contributed by atoms with van der Waals surface area (Å²) in [5.41, 5.74) is 0. The van der Waals surface area contributed by atoms with Crippen LogP contribution in [0.15, 0.2) is 22.4 Å². The number of hydrogen-bond acceptors (Lipinski definition) is 6. The number of rotatable bonds is 7. The molecule has 1 amide bonds. The molecular weight excluding hydrogens is 338 g/mol. The highest BCUT2D eigenvalue weighted by atomic mass is 32.2. The van der Waals surface area contributed by atoms with Crippen LogP contribution < -0.4 is 0 Å². The summed E-state index contributed by atoms with van der Waals surface area (Å²) in [5.74, 6) is -0.422. The van der Waals surface area contributed by atoms with Crippen molar-refractivity contribution in [2.24, 2.45) is 0 Å². The third kappa shape index (κ3) is 4.66. The van der Waals surface area contributed by atoms with E-state index in [0.29, 0.717) is 15.8 Å². The number of ether oxygens (including phenoxy) is 1. The topological polar surface area (TPSA) is 46.6 Å². The maximum absolute atomic E-state index is 12.3. The van der Waals surface area contributed by atoms with E-state index in [9.17, 15) is 9.59 Å². The van der Waals surface area contributed by atoms with E-state index in [1.165, 1.54) is 16.7 Å². The number of esters is 1. The van der Waals surface area contributed by atoms with Crippen molar-refractivity contribution in [1.82, 2.24) is 4.90 Å². The molecule has 0 bridgehead atoms. The zero-order valence-electron chi connectivity index (χ0n) is 12.2. The summed E-state index contributed by atoms with van der Waals surface area (Å²) in [4.78, 5) is 27.0. The minimum atomic E-state index is -0.287. The van der Waals surface area contributed by atoms with Crippen LogP contribution in [-0.4, -0.2) is 34.2 Å². The minimum Gasteiger partial charge on any atom is -0.466 e. The average molecular weight is 356 g/mol. The van der Waals surface area contributed by atoms with Crippen LogP contribution in [0.25, 0.3) is 6.08 Å². The van der Waals surface area contributed by atoms with Gasteiger partial charge in [0, 0.05) is 11.4 Å². The lowest BCUT2D eigenvalue weighted by Gasteiger charge is -2.13. The van der Waals surface area contributed by atoms with Gasteiger partial charge in [0.15, 0.2) is 0 Å². The lowest BCUT2D eigenvalue weighted by molar-refractivity contribution is -0.144. The molecule has 0 spiro atoms. The predicted octanol–water partition coefficient (Wildman–Crippen LogP) is 3.68. The van der Waals surface area contributed by atoms with Gasteiger partial charge in [0.2, 0.25) is 0 Å². The van der Waals surface area contributed by atoms with Crippen molar-refractivity contribution in [3.8, 4) is 0 Å². The van der Waals surface area contributed by atoms with Crippen molar-refractivity contribution in [2.45, 2.75) is 26.2 Å². The minimum absolute atomic E-state index is 0.134. The van der Waals surface area contributed by atoms with Crippen LogP contribution in [0.5, 0.6) is 0 Å². The quantitative estimate of drug-likeness (QED) is 0.323. The molecule has 1 aromatic heterocycles. The Labute approximate surface area is 143 Å². The number of unbranched alkanes of at least 4 members (excludes halogenated alkanes) is 1. The van der Waals surface area contributed by atoms with Crippen LogP contribution in [0.3, 0.4) is 0 Å². The van der Waals surface area contributed by atoms with Crippen molar-refractivity contribution in [3.05, 3.63) is 27.3 Å². The Morgan fingerprint density at radius 2 is 2.32 bits per heavy atom. The van der Waals surface area contributed by atoms with Crippen LogP contribution in [0.1, 0.15) is 31.1 Å². The first-order valence-corrected chi connectivity index (χ1v) is 9.16. The average Bonchev–Trinajstić information content (AvgIpc) is 3.08. The van der Waals surface area contributed by atoms with Crippen LogP contribution in [0.2, 0.25) is 0 Å². The van der Waals surface area contributed by atoms with Gasteiger partial charge in [-0.2, -0.15) is 0 Å². The van der Waals surface area contributed by atoms with E-state index in [2.05, 4.69) is 0 Å². The fourth-order valence-corrected chi connectivity index (χ4v) is 3.83. The molecule has 22 heavy (non-hydrogen) atoms. The molecule has 2 heterocycles. The highest BCUT2D eigenvalue weighted by molar-refractivity contribution is 8.26. The molecular formula is C15H17NO3S3. The van der Waals surface area contributed by atoms with E-state index in [-0.39, 0.29) is 24.8 Å². The van der Waals surface area contributed by atoms with Crippen molar-refractivity contribution in [3.63, 3.8) is 0 Å². The van der Waals surface area contributed by atoms with Gasteiger partial charge >= 0.3 is 5.97 Å². The van der Waals surface area contributed by atoms with Gasteiger partial charge in [0.1, 0.15) is 4.32 Å². The summed E-state index contributed by atoms with van der Waals surface area (Å²) < 4.78 is 5.58. The summed E-state index contributed by atoms with van der Waals surface area (Å²) in [6, 6.07) is 3.88. The summed E-state index contributed by atoms with van der Waals surface area (Å²) in [6.07, 6.45) is 3.85. The van der Waals surface area contributed by atoms with Crippen LogP contribution in [-0.2, 0) is 14.3 Å². The molecule has 2 rings (SSSR count). The molecule has 0 N–H and O–H groups in total. The van der Waals surface area contributed by atoms with Crippen LogP contribution in [0, 0.1) is 0 Å². The Kier molecular flexibility index (Phi) is 6.60. The van der Waals surface area contributed by atoms with E-state index < -0.39 is 0 Å². The SMILES string of the molecule is CCCCOC(=O)CCN1C(=O)/C(=C/c2cccs2)SC1=S. The Balaban J connectivity index is 1.88. The van der Waals surface area contributed by atoms with Gasteiger partial charge in [-0.25, -0.2) is 0 Å². The number of amides is 1. The normalized spacial score (nSPS) is 16.6. The number of hydrogen-bond donors (Lipinski definition) is 0. The first-order chi connectivity index (χ1) is 10.6. The molecule has 0 aliphatic carbocycles. The zero-order valence-corrected chi connectivity index (χ0v) is 14.7. The molecule has 0 saturated carbocycles. The van der Waals surface area contributed by atoms with E-state index in [1.54, 1.807) is 11.3 Å². The molecule has 1 aromatic rings. The monoisotopic (exact) mass is 355 g/mol. The lowest BCUT2D eigenvalue weighted by Crippen LogP contribution is -2.30. The maximum atomic E-state index is 12.3. The zero-order chi connectivity index (χ0) is 15.9. The number of thiocarbonyl (C=S) groups is 1. The lowest BCUT2D eigenvalue weighted by atomic mass is 10.3. The maximum Gasteiger partial charge on any atom is 0.307 e. The second-order valence-electron chi connectivity index (χ2n) is 4.67. The van der Waals surface area contributed by atoms with Crippen molar-refractivity contribution in [1.29, 1.82) is 0 Å². The van der Waals surface area contributed by atoms with Gasteiger partial charge in [0.05, 0.1) is 17.9 Å². The first kappa shape index (κ1) is 17.2. The van der Waals surface area contributed by atoms with E-state index in [0.717, 1.165) is 17.7 Å². The van der Waals surface area contributed by atoms with E-state index in [1.807, 2.05) is 30.5 Å². The summed E-state index contributed by atoms with van der Waals surface area (Å²) >= 11 is 8.07. The summed E-state index contributed by atoms with van der Waals surface area (Å²) in [7, 11) is 0. The smallest absolute Gasteiger partial charge is 0.307 e. The molecule has 1 fully saturated rings. The van der Waals surface area contributed by atoms with Crippen molar-refractivity contribution >= 4 is 57.6 Å². The number of thiophene rings is 1. The molecule has 118 valence electrons. The Bertz CT molecular complexity index is 581. The summed E-state index contributed by atoms with van der Waals surface area (Å²) in [5, 5.41) is 1.96. The molecule has 0 aromatic carbocycles. The molecule has 4 nitrogen and oxygen atoms in total. The van der Waals surface area contributed by atoms with E-state index >= 15 is 0 Å². The van der Waals surface area contributed by atoms with Gasteiger partial charge in [-0.3, -0.25) is 14.5 Å². The Morgan fingerprint density at radius 3 is 3.00 bits per heavy atom. The fraction of sp³-hybridized carbons (Fsp3) is 0.400. The number of carbonyl (C=O) groups is 2. The van der Waals surface area contributed by atoms with Crippen molar-refractivity contribution < 1.29 is 14.3 Å².